The smallest absolute Gasteiger partial charge is 0.191 e. The van der Waals surface area contributed by atoms with Crippen LogP contribution in [-0.4, -0.2) is 33.9 Å². The quantitative estimate of drug-likeness (QED) is 0.340. The highest BCUT2D eigenvalue weighted by Gasteiger charge is 2.27. The summed E-state index contributed by atoms with van der Waals surface area (Å²) in [6, 6.07) is 3.64. The summed E-state index contributed by atoms with van der Waals surface area (Å²) in [7, 11) is 1.93. The van der Waals surface area contributed by atoms with Crippen LogP contribution in [0, 0.1) is 20.8 Å². The minimum Gasteiger partial charge on any atom is -0.463 e. The van der Waals surface area contributed by atoms with Crippen LogP contribution in [0.4, 0.5) is 0 Å². The van der Waals surface area contributed by atoms with E-state index in [0.717, 1.165) is 29.3 Å². The second-order valence-corrected chi connectivity index (χ2v) is 6.51. The Morgan fingerprint density at radius 2 is 2.00 bits per heavy atom. The van der Waals surface area contributed by atoms with Crippen molar-refractivity contribution in [2.45, 2.75) is 46.8 Å². The average Bonchev–Trinajstić information content (AvgIpc) is 3.08. The van der Waals surface area contributed by atoms with Crippen LogP contribution >= 0.6 is 24.0 Å². The van der Waals surface area contributed by atoms with Gasteiger partial charge in [0.15, 0.2) is 5.96 Å². The Labute approximate surface area is 172 Å². The lowest BCUT2D eigenvalue weighted by Crippen LogP contribution is -2.44. The van der Waals surface area contributed by atoms with Crippen LogP contribution in [0.2, 0.25) is 0 Å². The van der Waals surface area contributed by atoms with Crippen LogP contribution in [0.5, 0.6) is 0 Å². The van der Waals surface area contributed by atoms with Gasteiger partial charge in [0.2, 0.25) is 0 Å². The van der Waals surface area contributed by atoms with Gasteiger partial charge in [-0.3, -0.25) is 4.68 Å². The summed E-state index contributed by atoms with van der Waals surface area (Å²) in [5, 5.41) is 21.4. The van der Waals surface area contributed by atoms with E-state index in [0.29, 0.717) is 18.3 Å². The molecule has 0 aliphatic heterocycles. The summed E-state index contributed by atoms with van der Waals surface area (Å²) in [5.74, 6) is 1.96. The zero-order valence-corrected chi connectivity index (χ0v) is 18.7. The van der Waals surface area contributed by atoms with Crippen molar-refractivity contribution >= 4 is 29.9 Å². The number of aliphatic hydroxyl groups is 1. The van der Waals surface area contributed by atoms with Gasteiger partial charge >= 0.3 is 0 Å². The molecule has 1 unspecified atom stereocenters. The highest BCUT2D eigenvalue weighted by molar-refractivity contribution is 14.0. The van der Waals surface area contributed by atoms with Crippen LogP contribution in [0.3, 0.4) is 0 Å². The van der Waals surface area contributed by atoms with Gasteiger partial charge in [0.05, 0.1) is 18.8 Å². The maximum atomic E-state index is 10.6. The molecule has 8 heteroatoms. The summed E-state index contributed by atoms with van der Waals surface area (Å²) in [4.78, 5) is 4.62. The molecule has 2 aromatic heterocycles. The molecule has 0 bridgehead atoms. The third kappa shape index (κ3) is 5.47. The zero-order chi connectivity index (χ0) is 18.6. The first-order valence-corrected chi connectivity index (χ1v) is 8.55. The van der Waals surface area contributed by atoms with Gasteiger partial charge in [-0.25, -0.2) is 4.99 Å². The molecule has 0 radical (unpaired) electrons. The molecule has 0 fully saturated rings. The minimum atomic E-state index is -1.12. The van der Waals surface area contributed by atoms with Crippen LogP contribution in [0.25, 0.3) is 0 Å². The average molecular weight is 475 g/mol. The number of nitrogens with one attached hydrogen (secondary N) is 2. The van der Waals surface area contributed by atoms with E-state index in [-0.39, 0.29) is 30.5 Å². The maximum Gasteiger partial charge on any atom is 0.191 e. The lowest BCUT2D eigenvalue weighted by Gasteiger charge is -2.22. The van der Waals surface area contributed by atoms with Gasteiger partial charge in [-0.1, -0.05) is 0 Å². The Morgan fingerprint density at radius 1 is 1.31 bits per heavy atom. The zero-order valence-electron chi connectivity index (χ0n) is 16.4. The fourth-order valence-corrected chi connectivity index (χ4v) is 2.61. The highest BCUT2D eigenvalue weighted by atomic mass is 127. The van der Waals surface area contributed by atoms with Crippen molar-refractivity contribution in [2.75, 3.05) is 13.1 Å². The molecule has 0 aliphatic carbocycles. The van der Waals surface area contributed by atoms with Gasteiger partial charge < -0.3 is 20.2 Å². The van der Waals surface area contributed by atoms with Crippen molar-refractivity contribution in [1.29, 1.82) is 0 Å². The van der Waals surface area contributed by atoms with Crippen LogP contribution in [-0.2, 0) is 19.2 Å². The fraction of sp³-hybridized carbons (Fsp3) is 0.556. The topological polar surface area (TPSA) is 87.6 Å². The number of aromatic nitrogens is 2. The van der Waals surface area contributed by atoms with E-state index in [1.165, 1.54) is 0 Å². The molecule has 2 rings (SSSR count). The Hall–Kier alpha value is -1.55. The molecule has 3 N–H and O–H groups in total. The SMILES string of the molecule is CCNC(=NCc1c(C)nn(C)c1C)NCC(C)(O)c1ccc(C)o1.I. The second-order valence-electron chi connectivity index (χ2n) is 6.51. The van der Waals surface area contributed by atoms with E-state index in [4.69, 9.17) is 4.42 Å². The molecule has 2 aromatic rings. The third-order valence-corrected chi connectivity index (χ3v) is 4.27. The first-order valence-electron chi connectivity index (χ1n) is 8.55. The fourth-order valence-electron chi connectivity index (χ4n) is 2.61. The molecule has 0 spiro atoms. The number of nitrogens with zero attached hydrogens (tertiary/aromatic N) is 3. The van der Waals surface area contributed by atoms with Gasteiger partial charge in [0, 0.05) is 24.8 Å². The van der Waals surface area contributed by atoms with Crippen LogP contribution in [0.1, 0.15) is 42.3 Å². The minimum absolute atomic E-state index is 0. The molecule has 0 amide bonds. The van der Waals surface area contributed by atoms with E-state index in [9.17, 15) is 5.11 Å². The number of hydrogen-bond acceptors (Lipinski definition) is 4. The lowest BCUT2D eigenvalue weighted by molar-refractivity contribution is 0.0378. The Morgan fingerprint density at radius 3 is 2.50 bits per heavy atom. The summed E-state index contributed by atoms with van der Waals surface area (Å²) < 4.78 is 7.41. The molecule has 26 heavy (non-hydrogen) atoms. The van der Waals surface area contributed by atoms with Crippen LogP contribution < -0.4 is 10.6 Å². The Kier molecular flexibility index (Phi) is 8.14. The molecule has 1 atom stereocenters. The molecule has 7 nitrogen and oxygen atoms in total. The Balaban J connectivity index is 0.00000338. The van der Waals surface area contributed by atoms with E-state index in [2.05, 4.69) is 20.7 Å². The number of rotatable bonds is 6. The van der Waals surface area contributed by atoms with E-state index < -0.39 is 5.60 Å². The van der Waals surface area contributed by atoms with E-state index >= 15 is 0 Å². The van der Waals surface area contributed by atoms with E-state index in [1.807, 2.05) is 45.5 Å². The monoisotopic (exact) mass is 475 g/mol. The van der Waals surface area contributed by atoms with Crippen molar-refractivity contribution in [1.82, 2.24) is 20.4 Å². The number of furan rings is 1. The van der Waals surface area contributed by atoms with Crippen molar-refractivity contribution in [3.05, 3.63) is 40.6 Å². The van der Waals surface area contributed by atoms with Crippen LogP contribution in [0.15, 0.2) is 21.5 Å². The summed E-state index contributed by atoms with van der Waals surface area (Å²) in [6.45, 7) is 11.2. The van der Waals surface area contributed by atoms with Gasteiger partial charge in [-0.15, -0.1) is 24.0 Å². The van der Waals surface area contributed by atoms with E-state index in [1.54, 1.807) is 13.0 Å². The van der Waals surface area contributed by atoms with Gasteiger partial charge in [0.25, 0.3) is 0 Å². The van der Waals surface area contributed by atoms with Crippen molar-refractivity contribution < 1.29 is 9.52 Å². The Bertz CT molecular complexity index is 749. The molecule has 146 valence electrons. The molecule has 2 heterocycles. The summed E-state index contributed by atoms with van der Waals surface area (Å²) in [5.41, 5.74) is 2.09. The van der Waals surface area contributed by atoms with Crippen molar-refractivity contribution in [2.24, 2.45) is 12.0 Å². The summed E-state index contributed by atoms with van der Waals surface area (Å²) >= 11 is 0. The largest absolute Gasteiger partial charge is 0.463 e. The molecule has 0 saturated heterocycles. The van der Waals surface area contributed by atoms with Crippen molar-refractivity contribution in [3.8, 4) is 0 Å². The predicted molar refractivity (Wildman–Crippen MR) is 114 cm³/mol. The predicted octanol–water partition coefficient (Wildman–Crippen LogP) is 2.52. The molecular weight excluding hydrogens is 445 g/mol. The third-order valence-electron chi connectivity index (χ3n) is 4.27. The van der Waals surface area contributed by atoms with Gasteiger partial charge in [-0.05, 0) is 46.8 Å². The lowest BCUT2D eigenvalue weighted by atomic mass is 10.0. The van der Waals surface area contributed by atoms with Gasteiger partial charge in [0.1, 0.15) is 17.1 Å². The highest BCUT2D eigenvalue weighted by Crippen LogP contribution is 2.21. The normalized spacial score (nSPS) is 13.9. The first-order chi connectivity index (χ1) is 11.7. The second kappa shape index (κ2) is 9.40. The number of aryl methyl sites for hydroxylation is 3. The number of halogens is 1. The molecule has 0 saturated carbocycles. The molecule has 0 aliphatic rings. The summed E-state index contributed by atoms with van der Waals surface area (Å²) in [6.07, 6.45) is 0. The number of guanidine groups is 1. The molecular formula is C18H30IN5O2. The standard InChI is InChI=1S/C18H29N5O2.HI/c1-7-19-17(20-10-15-13(3)22-23(6)14(15)4)21-11-18(5,24)16-9-8-12(2)25-16;/h8-9,24H,7,10-11H2,1-6H3,(H2,19,20,21);1H. The van der Waals surface area contributed by atoms with Gasteiger partial charge in [-0.2, -0.15) is 5.10 Å². The van der Waals surface area contributed by atoms with Crippen molar-refractivity contribution in [3.63, 3.8) is 0 Å². The number of aliphatic imine (C=N–C) groups is 1. The first kappa shape index (κ1) is 22.5. The number of hydrogen-bond donors (Lipinski definition) is 3. The maximum absolute atomic E-state index is 10.6. The molecule has 0 aromatic carbocycles.